The third kappa shape index (κ3) is 5.78. The van der Waals surface area contributed by atoms with Crippen LogP contribution in [0, 0.1) is 0 Å². The number of amides is 2. The Kier molecular flexibility index (Phi) is 7.01. The molecule has 0 saturated heterocycles. The van der Waals surface area contributed by atoms with E-state index in [2.05, 4.69) is 10.3 Å². The number of rotatable bonds is 9. The van der Waals surface area contributed by atoms with Gasteiger partial charge in [0, 0.05) is 30.0 Å². The number of halogens is 1. The number of ether oxygens (including phenoxy) is 1. The van der Waals surface area contributed by atoms with E-state index in [0.29, 0.717) is 11.6 Å². The van der Waals surface area contributed by atoms with Crippen molar-refractivity contribution in [1.29, 1.82) is 0 Å². The minimum absolute atomic E-state index is 0.0692. The number of carbonyl (C=O) groups excluding carboxylic acids is 2. The number of nitrogens with zero attached hydrogens (tertiary/aromatic N) is 2. The highest BCUT2D eigenvalue weighted by atomic mass is 35.5. The van der Waals surface area contributed by atoms with E-state index in [1.54, 1.807) is 12.4 Å². The van der Waals surface area contributed by atoms with E-state index < -0.39 is 0 Å². The average Bonchev–Trinajstić information content (AvgIpc) is 3.53. The van der Waals surface area contributed by atoms with Gasteiger partial charge in [0.25, 0.3) is 0 Å². The predicted octanol–water partition coefficient (Wildman–Crippen LogP) is 3.12. The molecule has 1 fully saturated rings. The lowest BCUT2D eigenvalue weighted by molar-refractivity contribution is -0.140. The maximum absolute atomic E-state index is 12.7. The first-order valence-electron chi connectivity index (χ1n) is 9.34. The van der Waals surface area contributed by atoms with Gasteiger partial charge in [0.1, 0.15) is 13.2 Å². The van der Waals surface area contributed by atoms with Crippen LogP contribution in [-0.2, 0) is 20.9 Å². The number of carbonyl (C=O) groups is 2. The first-order chi connectivity index (χ1) is 13.5. The van der Waals surface area contributed by atoms with Crippen molar-refractivity contribution in [1.82, 2.24) is 15.2 Å². The van der Waals surface area contributed by atoms with Gasteiger partial charge in [0.05, 0.1) is 6.04 Å². The van der Waals surface area contributed by atoms with E-state index in [-0.39, 0.29) is 37.1 Å². The monoisotopic (exact) mass is 401 g/mol. The number of nitrogens with one attached hydrogen (secondary N) is 1. The lowest BCUT2D eigenvalue weighted by atomic mass is 10.1. The van der Waals surface area contributed by atoms with E-state index in [9.17, 15) is 9.59 Å². The molecule has 0 bridgehead atoms. The fraction of sp³-hybridized carbons (Fsp3) is 0.381. The highest BCUT2D eigenvalue weighted by molar-refractivity contribution is 6.30. The summed E-state index contributed by atoms with van der Waals surface area (Å²) in [5, 5.41) is 3.42. The Balaban J connectivity index is 1.46. The number of pyridine rings is 1. The molecule has 1 unspecified atom stereocenters. The zero-order chi connectivity index (χ0) is 19.9. The third-order valence-corrected chi connectivity index (χ3v) is 4.92. The summed E-state index contributed by atoms with van der Waals surface area (Å²) in [5.74, 6) is -0.370. The predicted molar refractivity (Wildman–Crippen MR) is 107 cm³/mol. The van der Waals surface area contributed by atoms with Crippen molar-refractivity contribution >= 4 is 23.4 Å². The molecule has 1 atom stereocenters. The highest BCUT2D eigenvalue weighted by Crippen LogP contribution is 2.34. The van der Waals surface area contributed by atoms with E-state index in [1.807, 2.05) is 48.2 Å². The summed E-state index contributed by atoms with van der Waals surface area (Å²) in [6.07, 6.45) is 5.36. The number of hydrogen-bond acceptors (Lipinski definition) is 4. The fourth-order valence-electron chi connectivity index (χ4n) is 3.05. The summed E-state index contributed by atoms with van der Waals surface area (Å²) in [5.41, 5.74) is 1.93. The average molecular weight is 402 g/mol. The van der Waals surface area contributed by atoms with E-state index >= 15 is 0 Å². The second-order valence-electron chi connectivity index (χ2n) is 6.89. The van der Waals surface area contributed by atoms with E-state index in [4.69, 9.17) is 16.3 Å². The van der Waals surface area contributed by atoms with Crippen LogP contribution in [-0.4, -0.2) is 41.0 Å². The molecule has 0 aliphatic heterocycles. The van der Waals surface area contributed by atoms with Crippen LogP contribution in [0.1, 0.15) is 36.9 Å². The van der Waals surface area contributed by atoms with Gasteiger partial charge in [-0.15, -0.1) is 0 Å². The van der Waals surface area contributed by atoms with Crippen LogP contribution in [0.5, 0.6) is 0 Å². The van der Waals surface area contributed by atoms with Gasteiger partial charge >= 0.3 is 0 Å². The molecule has 1 aliphatic carbocycles. The largest absolute Gasteiger partial charge is 0.362 e. The van der Waals surface area contributed by atoms with Gasteiger partial charge in [0.2, 0.25) is 11.8 Å². The Morgan fingerprint density at radius 3 is 2.64 bits per heavy atom. The molecule has 1 aromatic heterocycles. The van der Waals surface area contributed by atoms with Crippen molar-refractivity contribution in [2.75, 3.05) is 13.2 Å². The summed E-state index contributed by atoms with van der Waals surface area (Å²) in [7, 11) is 0. The van der Waals surface area contributed by atoms with E-state index in [1.165, 1.54) is 0 Å². The second kappa shape index (κ2) is 9.66. The quantitative estimate of drug-likeness (QED) is 0.700. The topological polar surface area (TPSA) is 71.5 Å². The lowest BCUT2D eigenvalue weighted by Gasteiger charge is -2.29. The number of benzene rings is 1. The summed E-state index contributed by atoms with van der Waals surface area (Å²) in [6, 6.07) is 11.4. The molecule has 148 valence electrons. The van der Waals surface area contributed by atoms with Crippen LogP contribution in [0.2, 0.25) is 5.02 Å². The van der Waals surface area contributed by atoms with Gasteiger partial charge < -0.3 is 15.0 Å². The highest BCUT2D eigenvalue weighted by Gasteiger charge is 2.36. The minimum atomic E-state index is -0.264. The SMILES string of the molecule is CC(c1ccc(Cl)cc1)N(C(=O)COCC(=O)NCc1cccnc1)C1CC1. The molecule has 28 heavy (non-hydrogen) atoms. The second-order valence-corrected chi connectivity index (χ2v) is 7.33. The molecule has 1 aliphatic rings. The van der Waals surface area contributed by atoms with Crippen molar-refractivity contribution in [2.24, 2.45) is 0 Å². The molecule has 1 N–H and O–H groups in total. The Bertz CT molecular complexity index is 794. The standard InChI is InChI=1S/C21H24ClN3O3/c1-15(17-4-6-18(22)7-5-17)25(19-8-9-19)21(27)14-28-13-20(26)24-12-16-3-2-10-23-11-16/h2-7,10-11,15,19H,8-9,12-14H2,1H3,(H,24,26). The van der Waals surface area contributed by atoms with Crippen LogP contribution in [0.25, 0.3) is 0 Å². The van der Waals surface area contributed by atoms with Gasteiger partial charge in [-0.25, -0.2) is 0 Å². The van der Waals surface area contributed by atoms with Crippen molar-refractivity contribution < 1.29 is 14.3 Å². The molecule has 1 saturated carbocycles. The summed E-state index contributed by atoms with van der Waals surface area (Å²) in [4.78, 5) is 30.5. The van der Waals surface area contributed by atoms with Crippen LogP contribution < -0.4 is 5.32 Å². The molecule has 2 aromatic rings. The Morgan fingerprint density at radius 2 is 2.00 bits per heavy atom. The first-order valence-corrected chi connectivity index (χ1v) is 9.72. The Hall–Kier alpha value is -2.44. The number of aromatic nitrogens is 1. The molecule has 3 rings (SSSR count). The Morgan fingerprint density at radius 1 is 1.25 bits per heavy atom. The molecule has 2 amide bonds. The zero-order valence-electron chi connectivity index (χ0n) is 15.8. The molecule has 6 nitrogen and oxygen atoms in total. The fourth-order valence-corrected chi connectivity index (χ4v) is 3.18. The molecule has 7 heteroatoms. The van der Waals surface area contributed by atoms with Crippen LogP contribution in [0.3, 0.4) is 0 Å². The lowest BCUT2D eigenvalue weighted by Crippen LogP contribution is -2.39. The molecular weight excluding hydrogens is 378 g/mol. The first kappa shape index (κ1) is 20.3. The van der Waals surface area contributed by atoms with Crippen molar-refractivity contribution in [3.8, 4) is 0 Å². The normalized spacial score (nSPS) is 14.4. The van der Waals surface area contributed by atoms with Crippen LogP contribution in [0.4, 0.5) is 0 Å². The zero-order valence-corrected chi connectivity index (χ0v) is 16.6. The summed E-state index contributed by atoms with van der Waals surface area (Å²) < 4.78 is 5.37. The third-order valence-electron chi connectivity index (χ3n) is 4.67. The van der Waals surface area contributed by atoms with Crippen LogP contribution in [0.15, 0.2) is 48.8 Å². The van der Waals surface area contributed by atoms with Gasteiger partial charge in [-0.2, -0.15) is 0 Å². The molecule has 1 heterocycles. The molecular formula is C21H24ClN3O3. The minimum Gasteiger partial charge on any atom is -0.362 e. The van der Waals surface area contributed by atoms with Crippen molar-refractivity contribution in [3.63, 3.8) is 0 Å². The summed E-state index contributed by atoms with van der Waals surface area (Å²) in [6.45, 7) is 2.11. The smallest absolute Gasteiger partial charge is 0.249 e. The van der Waals surface area contributed by atoms with Crippen LogP contribution >= 0.6 is 11.6 Å². The molecule has 1 aromatic carbocycles. The molecule has 0 spiro atoms. The van der Waals surface area contributed by atoms with Gasteiger partial charge in [-0.05, 0) is 49.1 Å². The molecule has 0 radical (unpaired) electrons. The summed E-state index contributed by atoms with van der Waals surface area (Å²) >= 11 is 5.95. The maximum Gasteiger partial charge on any atom is 0.249 e. The van der Waals surface area contributed by atoms with Gasteiger partial charge in [0.15, 0.2) is 0 Å². The van der Waals surface area contributed by atoms with E-state index in [0.717, 1.165) is 24.0 Å². The van der Waals surface area contributed by atoms with Gasteiger partial charge in [-0.3, -0.25) is 14.6 Å². The van der Waals surface area contributed by atoms with Crippen molar-refractivity contribution in [2.45, 2.75) is 38.4 Å². The number of hydrogen-bond donors (Lipinski definition) is 1. The van der Waals surface area contributed by atoms with Crippen molar-refractivity contribution in [3.05, 3.63) is 64.9 Å². The van der Waals surface area contributed by atoms with Gasteiger partial charge in [-0.1, -0.05) is 29.8 Å². The Labute approximate surface area is 169 Å². The maximum atomic E-state index is 12.7.